The van der Waals surface area contributed by atoms with Crippen molar-refractivity contribution in [1.82, 2.24) is 4.90 Å². The van der Waals surface area contributed by atoms with Gasteiger partial charge in [-0.15, -0.1) is 0 Å². The van der Waals surface area contributed by atoms with Crippen LogP contribution in [0.3, 0.4) is 0 Å². The first-order valence-corrected chi connectivity index (χ1v) is 5.37. The number of hydrogen-bond acceptors (Lipinski definition) is 3. The van der Waals surface area contributed by atoms with Gasteiger partial charge in [0.2, 0.25) is 5.91 Å². The molecule has 0 radical (unpaired) electrons. The number of rotatable bonds is 2. The highest BCUT2D eigenvalue weighted by molar-refractivity contribution is 5.78. The Morgan fingerprint density at radius 3 is 2.71 bits per heavy atom. The summed E-state index contributed by atoms with van der Waals surface area (Å²) < 4.78 is 0. The van der Waals surface area contributed by atoms with Crippen LogP contribution in [0.1, 0.15) is 19.3 Å². The van der Waals surface area contributed by atoms with Crippen LogP contribution in [0.25, 0.3) is 0 Å². The van der Waals surface area contributed by atoms with Crippen LogP contribution in [0.2, 0.25) is 0 Å². The maximum atomic E-state index is 11.4. The molecular weight excluding hydrogens is 178 g/mol. The van der Waals surface area contributed by atoms with Crippen molar-refractivity contribution in [3.8, 4) is 0 Å². The third-order valence-electron chi connectivity index (χ3n) is 3.74. The zero-order valence-corrected chi connectivity index (χ0v) is 8.54. The predicted molar refractivity (Wildman–Crippen MR) is 54.5 cm³/mol. The Hall–Kier alpha value is -0.610. The molecule has 0 bridgehead atoms. The highest BCUT2D eigenvalue weighted by atomic mass is 16.2. The lowest BCUT2D eigenvalue weighted by Gasteiger charge is -2.44. The molecule has 0 aromatic heterocycles. The van der Waals surface area contributed by atoms with E-state index < -0.39 is 0 Å². The summed E-state index contributed by atoms with van der Waals surface area (Å²) in [6.45, 7) is 2.76. The molecule has 1 amide bonds. The van der Waals surface area contributed by atoms with Gasteiger partial charge in [0.15, 0.2) is 0 Å². The van der Waals surface area contributed by atoms with Crippen molar-refractivity contribution >= 4 is 5.91 Å². The maximum absolute atomic E-state index is 11.4. The van der Waals surface area contributed by atoms with Crippen molar-refractivity contribution in [2.45, 2.75) is 19.3 Å². The summed E-state index contributed by atoms with van der Waals surface area (Å²) >= 11 is 0. The molecular formula is C10H19N3O. The Balaban J connectivity index is 1.87. The lowest BCUT2D eigenvalue weighted by atomic mass is 9.61. The molecule has 1 saturated carbocycles. The number of hydrogen-bond donors (Lipinski definition) is 2. The van der Waals surface area contributed by atoms with Crippen LogP contribution in [-0.2, 0) is 4.79 Å². The van der Waals surface area contributed by atoms with Crippen LogP contribution in [0, 0.1) is 11.3 Å². The molecule has 1 spiro atoms. The van der Waals surface area contributed by atoms with Gasteiger partial charge in [0.05, 0.1) is 6.54 Å². The van der Waals surface area contributed by atoms with Crippen LogP contribution in [0.4, 0.5) is 0 Å². The number of amides is 1. The van der Waals surface area contributed by atoms with Crippen molar-refractivity contribution in [2.24, 2.45) is 22.8 Å². The molecule has 14 heavy (non-hydrogen) atoms. The maximum Gasteiger partial charge on any atom is 0.236 e. The van der Waals surface area contributed by atoms with Crippen LogP contribution < -0.4 is 11.5 Å². The van der Waals surface area contributed by atoms with Crippen molar-refractivity contribution in [1.29, 1.82) is 0 Å². The molecule has 0 aromatic rings. The quantitative estimate of drug-likeness (QED) is 0.629. The van der Waals surface area contributed by atoms with Gasteiger partial charge < -0.3 is 16.4 Å². The van der Waals surface area contributed by atoms with Gasteiger partial charge in [-0.1, -0.05) is 0 Å². The van der Waals surface area contributed by atoms with E-state index in [0.29, 0.717) is 11.3 Å². The summed E-state index contributed by atoms with van der Waals surface area (Å²) in [6.07, 6.45) is 3.56. The van der Waals surface area contributed by atoms with Gasteiger partial charge >= 0.3 is 0 Å². The second kappa shape index (κ2) is 3.51. The molecule has 4 heteroatoms. The summed E-state index contributed by atoms with van der Waals surface area (Å²) in [5.74, 6) is 0.793. The zero-order chi connectivity index (χ0) is 10.2. The normalized spacial score (nSPS) is 36.1. The molecule has 80 valence electrons. The van der Waals surface area contributed by atoms with E-state index >= 15 is 0 Å². The zero-order valence-electron chi connectivity index (χ0n) is 8.54. The first kappa shape index (κ1) is 9.93. The Morgan fingerprint density at radius 2 is 2.14 bits per heavy atom. The summed E-state index contributed by atoms with van der Waals surface area (Å²) in [4.78, 5) is 13.3. The molecule has 0 unspecified atom stereocenters. The lowest BCUT2D eigenvalue weighted by molar-refractivity contribution is -0.129. The molecule has 1 aliphatic heterocycles. The van der Waals surface area contributed by atoms with Gasteiger partial charge in [-0.3, -0.25) is 4.79 Å². The average Bonchev–Trinajstić information content (AvgIpc) is 2.58. The third-order valence-corrected chi connectivity index (χ3v) is 3.74. The van der Waals surface area contributed by atoms with E-state index in [9.17, 15) is 4.79 Å². The van der Waals surface area contributed by atoms with Crippen molar-refractivity contribution in [2.75, 3.05) is 26.2 Å². The first-order chi connectivity index (χ1) is 6.69. The Bertz CT molecular complexity index is 236. The summed E-state index contributed by atoms with van der Waals surface area (Å²) in [5.41, 5.74) is 11.4. The van der Waals surface area contributed by atoms with E-state index in [2.05, 4.69) is 0 Å². The van der Waals surface area contributed by atoms with Crippen LogP contribution in [-0.4, -0.2) is 37.0 Å². The van der Waals surface area contributed by atoms with Crippen molar-refractivity contribution in [3.05, 3.63) is 0 Å². The van der Waals surface area contributed by atoms with Crippen LogP contribution in [0.5, 0.6) is 0 Å². The van der Waals surface area contributed by atoms with Crippen LogP contribution >= 0.6 is 0 Å². The van der Waals surface area contributed by atoms with Crippen LogP contribution in [0.15, 0.2) is 0 Å². The molecule has 4 nitrogen and oxygen atoms in total. The van der Waals surface area contributed by atoms with E-state index in [1.54, 1.807) is 0 Å². The van der Waals surface area contributed by atoms with E-state index in [1.807, 2.05) is 4.90 Å². The fourth-order valence-electron chi connectivity index (χ4n) is 2.94. The van der Waals surface area contributed by atoms with Gasteiger partial charge in [0.25, 0.3) is 0 Å². The second-order valence-electron chi connectivity index (χ2n) is 4.78. The van der Waals surface area contributed by atoms with Gasteiger partial charge in [-0.2, -0.15) is 0 Å². The summed E-state index contributed by atoms with van der Waals surface area (Å²) in [5, 5.41) is 0. The van der Waals surface area contributed by atoms with E-state index in [4.69, 9.17) is 11.5 Å². The van der Waals surface area contributed by atoms with E-state index in [-0.39, 0.29) is 12.5 Å². The largest absolute Gasteiger partial charge is 0.341 e. The predicted octanol–water partition coefficient (Wildman–Crippen LogP) is -0.467. The SMILES string of the molecule is NCC(=O)N1CCC2(CC(CN)C2)C1. The molecule has 2 fully saturated rings. The minimum Gasteiger partial charge on any atom is -0.341 e. The number of nitrogens with zero attached hydrogens (tertiary/aromatic N) is 1. The van der Waals surface area contributed by atoms with Gasteiger partial charge in [-0.05, 0) is 37.1 Å². The third kappa shape index (κ3) is 1.53. The topological polar surface area (TPSA) is 72.4 Å². The molecule has 1 saturated heterocycles. The summed E-state index contributed by atoms with van der Waals surface area (Å²) in [6, 6.07) is 0. The second-order valence-corrected chi connectivity index (χ2v) is 4.78. The Morgan fingerprint density at radius 1 is 1.43 bits per heavy atom. The fraction of sp³-hybridized carbons (Fsp3) is 0.900. The molecule has 2 rings (SSSR count). The fourth-order valence-corrected chi connectivity index (χ4v) is 2.94. The number of nitrogens with two attached hydrogens (primary N) is 2. The Kier molecular flexibility index (Phi) is 2.49. The minimum absolute atomic E-state index is 0.0954. The van der Waals surface area contributed by atoms with E-state index in [1.165, 1.54) is 12.8 Å². The molecule has 1 aliphatic carbocycles. The standard InChI is InChI=1S/C10H19N3O/c11-5-8-3-10(4-8)1-2-13(7-10)9(14)6-12/h8H,1-7,11-12H2. The number of carbonyl (C=O) groups excluding carboxylic acids is 1. The molecule has 1 heterocycles. The minimum atomic E-state index is 0.0954. The smallest absolute Gasteiger partial charge is 0.236 e. The summed E-state index contributed by atoms with van der Waals surface area (Å²) in [7, 11) is 0. The van der Waals surface area contributed by atoms with Crippen molar-refractivity contribution in [3.63, 3.8) is 0 Å². The monoisotopic (exact) mass is 197 g/mol. The molecule has 2 aliphatic rings. The van der Waals surface area contributed by atoms with Gasteiger partial charge in [0.1, 0.15) is 0 Å². The molecule has 4 N–H and O–H groups in total. The molecule has 0 atom stereocenters. The number of carbonyl (C=O) groups is 1. The van der Waals surface area contributed by atoms with Gasteiger partial charge in [-0.25, -0.2) is 0 Å². The highest BCUT2D eigenvalue weighted by Gasteiger charge is 2.48. The number of likely N-dealkylation sites (tertiary alicyclic amines) is 1. The molecule has 0 aromatic carbocycles. The van der Waals surface area contributed by atoms with Crippen molar-refractivity contribution < 1.29 is 4.79 Å². The van der Waals surface area contributed by atoms with E-state index in [0.717, 1.165) is 26.1 Å². The Labute approximate surface area is 84.6 Å². The lowest BCUT2D eigenvalue weighted by Crippen LogP contribution is -2.44. The highest BCUT2D eigenvalue weighted by Crippen LogP contribution is 2.51. The average molecular weight is 197 g/mol. The van der Waals surface area contributed by atoms with Gasteiger partial charge in [0, 0.05) is 13.1 Å². The first-order valence-electron chi connectivity index (χ1n) is 5.37.